The Bertz CT molecular complexity index is 713. The molecule has 0 radical (unpaired) electrons. The largest absolute Gasteiger partial charge is 0.469 e. The van der Waals surface area contributed by atoms with Crippen molar-refractivity contribution in [3.63, 3.8) is 0 Å². The smallest absolute Gasteiger partial charge is 0.308 e. The molecule has 2 rings (SSSR count). The van der Waals surface area contributed by atoms with Crippen LogP contribution in [0.3, 0.4) is 0 Å². The molecule has 1 amide bonds. The van der Waals surface area contributed by atoms with Crippen LogP contribution < -0.4 is 0 Å². The fourth-order valence-electron chi connectivity index (χ4n) is 3.14. The van der Waals surface area contributed by atoms with Crippen molar-refractivity contribution in [2.24, 2.45) is 0 Å². The van der Waals surface area contributed by atoms with Gasteiger partial charge in [0.2, 0.25) is 0 Å². The maximum absolute atomic E-state index is 13.2. The van der Waals surface area contributed by atoms with Crippen LogP contribution in [0.25, 0.3) is 0 Å². The third kappa shape index (κ3) is 5.53. The molecule has 0 aliphatic carbocycles. The summed E-state index contributed by atoms with van der Waals surface area (Å²) >= 11 is 6.00. The number of ether oxygens (including phenoxy) is 2. The van der Waals surface area contributed by atoms with Gasteiger partial charge in [-0.15, -0.1) is 0 Å². The quantitative estimate of drug-likeness (QED) is 0.591. The molecule has 4 atom stereocenters. The van der Waals surface area contributed by atoms with E-state index >= 15 is 0 Å². The van der Waals surface area contributed by atoms with Crippen LogP contribution in [-0.4, -0.2) is 71.0 Å². The Labute approximate surface area is 173 Å². The molecule has 1 aromatic rings. The predicted octanol–water partition coefficient (Wildman–Crippen LogP) is 2.18. The van der Waals surface area contributed by atoms with Crippen LogP contribution in [0.15, 0.2) is 24.3 Å². The number of esters is 1. The first-order valence-electron chi connectivity index (χ1n) is 9.10. The van der Waals surface area contributed by atoms with Crippen LogP contribution in [-0.2, 0) is 30.0 Å². The summed E-state index contributed by atoms with van der Waals surface area (Å²) in [5.74, 6) is -0.489. The van der Waals surface area contributed by atoms with Gasteiger partial charge >= 0.3 is 5.97 Å². The minimum atomic E-state index is -1.23. The molecule has 1 aliphatic heterocycles. The fraction of sp³-hybridized carbons (Fsp3) is 0.579. The molecule has 28 heavy (non-hydrogen) atoms. The number of morpholine rings is 1. The van der Waals surface area contributed by atoms with Gasteiger partial charge in [0.1, 0.15) is 6.10 Å². The van der Waals surface area contributed by atoms with Crippen molar-refractivity contribution in [3.05, 3.63) is 34.9 Å². The van der Waals surface area contributed by atoms with Crippen LogP contribution >= 0.6 is 11.6 Å². The van der Waals surface area contributed by atoms with Crippen LogP contribution in [0.1, 0.15) is 31.4 Å². The normalized spacial score (nSPS) is 22.2. The first kappa shape index (κ1) is 22.8. The number of hydrogen-bond acceptors (Lipinski definition) is 5. The van der Waals surface area contributed by atoms with E-state index in [0.29, 0.717) is 17.2 Å². The zero-order valence-electron chi connectivity index (χ0n) is 16.6. The number of nitrogens with zero attached hydrogens (tertiary/aromatic N) is 2. The second-order valence-corrected chi connectivity index (χ2v) is 8.92. The Kier molecular flexibility index (Phi) is 8.42. The lowest BCUT2D eigenvalue weighted by Crippen LogP contribution is -2.55. The highest BCUT2D eigenvalue weighted by Crippen LogP contribution is 2.32. The summed E-state index contributed by atoms with van der Waals surface area (Å²) in [4.78, 5) is 26.6. The average molecular weight is 431 g/mol. The summed E-state index contributed by atoms with van der Waals surface area (Å²) in [6, 6.07) is 6.63. The van der Waals surface area contributed by atoms with E-state index in [0.717, 1.165) is 5.56 Å². The summed E-state index contributed by atoms with van der Waals surface area (Å²) in [6.07, 6.45) is -0.426. The maximum Gasteiger partial charge on any atom is 0.308 e. The average Bonchev–Trinajstić information content (AvgIpc) is 2.68. The van der Waals surface area contributed by atoms with E-state index in [1.165, 1.54) is 7.11 Å². The van der Waals surface area contributed by atoms with Crippen molar-refractivity contribution in [1.29, 1.82) is 0 Å². The van der Waals surface area contributed by atoms with Gasteiger partial charge in [-0.05, 0) is 38.2 Å². The van der Waals surface area contributed by atoms with Gasteiger partial charge in [0.15, 0.2) is 0 Å². The van der Waals surface area contributed by atoms with Gasteiger partial charge in [-0.3, -0.25) is 9.59 Å². The van der Waals surface area contributed by atoms with Crippen LogP contribution in [0.2, 0.25) is 5.02 Å². The molecule has 1 heterocycles. The molecule has 1 aliphatic rings. The molecule has 1 saturated heterocycles. The highest BCUT2D eigenvalue weighted by Gasteiger charge is 2.41. The van der Waals surface area contributed by atoms with Gasteiger partial charge in [-0.1, -0.05) is 30.7 Å². The number of rotatable bonds is 8. The molecule has 0 saturated carbocycles. The number of carbonyl (C=O) groups is 2. The molecule has 0 aromatic heterocycles. The van der Waals surface area contributed by atoms with E-state index in [2.05, 4.69) is 4.74 Å². The number of halogens is 1. The van der Waals surface area contributed by atoms with Crippen molar-refractivity contribution >= 4 is 34.5 Å². The first-order valence-corrected chi connectivity index (χ1v) is 10.8. The van der Waals surface area contributed by atoms with E-state index in [4.69, 9.17) is 16.3 Å². The molecule has 1 aromatic carbocycles. The lowest BCUT2D eigenvalue weighted by atomic mass is 9.99. The van der Waals surface area contributed by atoms with E-state index in [9.17, 15) is 13.8 Å². The van der Waals surface area contributed by atoms with Crippen molar-refractivity contribution < 1.29 is 23.3 Å². The Morgan fingerprint density at radius 3 is 2.57 bits per heavy atom. The van der Waals surface area contributed by atoms with Gasteiger partial charge in [-0.25, -0.2) is 8.51 Å². The van der Waals surface area contributed by atoms with Gasteiger partial charge in [0, 0.05) is 11.1 Å². The van der Waals surface area contributed by atoms with Crippen LogP contribution in [0, 0.1) is 0 Å². The molecule has 1 unspecified atom stereocenters. The maximum atomic E-state index is 13.2. The number of hydrogen-bond donors (Lipinski definition) is 0. The Balaban J connectivity index is 2.35. The summed E-state index contributed by atoms with van der Waals surface area (Å²) in [7, 11) is 3.52. The number of carbonyl (C=O) groups excluding carboxylic acids is 2. The van der Waals surface area contributed by atoms with E-state index in [1.54, 1.807) is 35.4 Å². The molecule has 0 spiro atoms. The van der Waals surface area contributed by atoms with E-state index in [1.807, 2.05) is 19.1 Å². The molecular formula is C19H27ClN2O5S. The van der Waals surface area contributed by atoms with Crippen molar-refractivity contribution in [2.75, 3.05) is 33.6 Å². The zero-order chi connectivity index (χ0) is 20.8. The second-order valence-electron chi connectivity index (χ2n) is 6.78. The van der Waals surface area contributed by atoms with Crippen molar-refractivity contribution in [2.45, 2.75) is 38.0 Å². The summed E-state index contributed by atoms with van der Waals surface area (Å²) < 4.78 is 24.5. The number of benzene rings is 1. The highest BCUT2D eigenvalue weighted by molar-refractivity contribution is 7.82. The molecule has 0 N–H and O–H groups in total. The van der Waals surface area contributed by atoms with E-state index < -0.39 is 23.1 Å². The molecule has 156 valence electrons. The molecular weight excluding hydrogens is 404 g/mol. The predicted molar refractivity (Wildman–Crippen MR) is 108 cm³/mol. The lowest BCUT2D eigenvalue weighted by Gasteiger charge is -2.43. The highest BCUT2D eigenvalue weighted by atomic mass is 35.5. The summed E-state index contributed by atoms with van der Waals surface area (Å²) in [5.41, 5.74) is 0.878. The summed E-state index contributed by atoms with van der Waals surface area (Å²) in [6.45, 7) is 2.19. The minimum Gasteiger partial charge on any atom is -0.469 e. The monoisotopic (exact) mass is 430 g/mol. The lowest BCUT2D eigenvalue weighted by molar-refractivity contribution is -0.169. The molecule has 1 fully saturated rings. The SMILES string of the molecule is CC[C@@H](CS(=O)N(C)C)N1C(=O)[C@@H](CC(=O)OC)OC[C@H]1c1ccc(Cl)cc1. The Morgan fingerprint density at radius 2 is 2.04 bits per heavy atom. The molecule has 7 nitrogen and oxygen atoms in total. The fourth-order valence-corrected chi connectivity index (χ4v) is 4.29. The summed E-state index contributed by atoms with van der Waals surface area (Å²) in [5, 5.41) is 0.600. The standard InChI is InChI=1S/C19H27ClN2O5S/c1-5-15(12-28(25)21(2)3)22-16(13-6-8-14(20)9-7-13)11-27-17(19(22)24)10-18(23)26-4/h6-9,15-17H,5,10-12H2,1-4H3/t15-,16-,17+,28?/m0/s1. The topological polar surface area (TPSA) is 76.2 Å². The van der Waals surface area contributed by atoms with Crippen LogP contribution in [0.4, 0.5) is 0 Å². The first-order chi connectivity index (χ1) is 13.3. The zero-order valence-corrected chi connectivity index (χ0v) is 18.2. The molecule has 9 heteroatoms. The van der Waals surface area contributed by atoms with Crippen molar-refractivity contribution in [3.8, 4) is 0 Å². The number of methoxy groups -OCH3 is 1. The van der Waals surface area contributed by atoms with Gasteiger partial charge in [0.05, 0.1) is 42.9 Å². The van der Waals surface area contributed by atoms with E-state index in [-0.39, 0.29) is 31.0 Å². The third-order valence-corrected chi connectivity index (χ3v) is 6.50. The molecule has 0 bridgehead atoms. The Morgan fingerprint density at radius 1 is 1.39 bits per heavy atom. The second kappa shape index (κ2) is 10.3. The van der Waals surface area contributed by atoms with Gasteiger partial charge in [0.25, 0.3) is 5.91 Å². The minimum absolute atomic E-state index is 0.146. The van der Waals surface area contributed by atoms with Crippen LogP contribution in [0.5, 0.6) is 0 Å². The van der Waals surface area contributed by atoms with Gasteiger partial charge < -0.3 is 14.4 Å². The third-order valence-electron chi connectivity index (χ3n) is 4.76. The Hall–Kier alpha value is -1.48. The van der Waals surface area contributed by atoms with Crippen molar-refractivity contribution in [1.82, 2.24) is 9.21 Å². The number of amides is 1. The van der Waals surface area contributed by atoms with Gasteiger partial charge in [-0.2, -0.15) is 0 Å².